The number of carbonyl (C=O) groups excluding carboxylic acids is 1. The van der Waals surface area contributed by atoms with Crippen LogP contribution in [0.4, 0.5) is 0 Å². The molecule has 0 bridgehead atoms. The van der Waals surface area contributed by atoms with Crippen molar-refractivity contribution in [1.82, 2.24) is 19.9 Å². The minimum atomic E-state index is 0.00460. The predicted octanol–water partition coefficient (Wildman–Crippen LogP) is 4.00. The minimum Gasteiger partial charge on any atom is -0.338 e. The van der Waals surface area contributed by atoms with Crippen molar-refractivity contribution in [2.45, 2.75) is 6.54 Å². The van der Waals surface area contributed by atoms with Gasteiger partial charge in [0.1, 0.15) is 0 Å². The van der Waals surface area contributed by atoms with Gasteiger partial charge in [0.05, 0.1) is 6.54 Å². The summed E-state index contributed by atoms with van der Waals surface area (Å²) >= 11 is 11.9. The Bertz CT molecular complexity index is 966. The molecule has 1 aliphatic rings. The van der Waals surface area contributed by atoms with Crippen molar-refractivity contribution in [3.63, 3.8) is 0 Å². The first-order valence-electron chi connectivity index (χ1n) is 8.94. The fourth-order valence-corrected chi connectivity index (χ4v) is 3.46. The normalized spacial score (nSPS) is 15.0. The van der Waals surface area contributed by atoms with Gasteiger partial charge in [-0.2, -0.15) is 4.98 Å². The lowest BCUT2D eigenvalue weighted by Crippen LogP contribution is -2.48. The molecule has 28 heavy (non-hydrogen) atoms. The van der Waals surface area contributed by atoms with Crippen LogP contribution >= 0.6 is 23.2 Å². The van der Waals surface area contributed by atoms with Crippen molar-refractivity contribution in [3.05, 3.63) is 70.0 Å². The molecule has 1 saturated heterocycles. The third kappa shape index (κ3) is 4.35. The second-order valence-corrected chi connectivity index (χ2v) is 7.47. The van der Waals surface area contributed by atoms with Gasteiger partial charge in [-0.1, -0.05) is 34.4 Å². The second kappa shape index (κ2) is 8.31. The van der Waals surface area contributed by atoms with Gasteiger partial charge in [0, 0.05) is 47.4 Å². The van der Waals surface area contributed by atoms with Crippen LogP contribution in [-0.4, -0.2) is 52.0 Å². The van der Waals surface area contributed by atoms with E-state index in [-0.39, 0.29) is 5.91 Å². The number of rotatable bonds is 4. The summed E-state index contributed by atoms with van der Waals surface area (Å²) in [6.07, 6.45) is 0. The van der Waals surface area contributed by atoms with Gasteiger partial charge in [-0.05, 0) is 42.5 Å². The van der Waals surface area contributed by atoms with Crippen LogP contribution < -0.4 is 0 Å². The number of piperazine rings is 1. The van der Waals surface area contributed by atoms with Gasteiger partial charge in [-0.25, -0.2) is 0 Å². The van der Waals surface area contributed by atoms with E-state index in [2.05, 4.69) is 15.0 Å². The predicted molar refractivity (Wildman–Crippen MR) is 107 cm³/mol. The molecular formula is C20H18Cl2N4O2. The topological polar surface area (TPSA) is 62.5 Å². The Balaban J connectivity index is 1.33. The maximum Gasteiger partial charge on any atom is 0.253 e. The number of amides is 1. The van der Waals surface area contributed by atoms with Crippen LogP contribution in [0.15, 0.2) is 53.1 Å². The van der Waals surface area contributed by atoms with E-state index in [1.165, 1.54) is 0 Å². The molecule has 2 heterocycles. The zero-order valence-electron chi connectivity index (χ0n) is 15.0. The highest BCUT2D eigenvalue weighted by molar-refractivity contribution is 6.31. The summed E-state index contributed by atoms with van der Waals surface area (Å²) in [4.78, 5) is 21.1. The third-order valence-electron chi connectivity index (χ3n) is 4.66. The van der Waals surface area contributed by atoms with Gasteiger partial charge in [-0.15, -0.1) is 0 Å². The standard InChI is InChI=1S/C20H18Cl2N4O2/c21-16-6-4-14(5-7-16)19-23-18(28-24-19)13-25-8-10-26(11-9-25)20(27)15-2-1-3-17(22)12-15/h1-7,12H,8-11,13H2. The number of benzene rings is 2. The van der Waals surface area contributed by atoms with E-state index in [1.54, 1.807) is 36.4 Å². The summed E-state index contributed by atoms with van der Waals surface area (Å²) in [5.41, 5.74) is 1.47. The molecule has 1 fully saturated rings. The number of halogens is 2. The highest BCUT2D eigenvalue weighted by Gasteiger charge is 2.23. The van der Waals surface area contributed by atoms with E-state index >= 15 is 0 Å². The average molecular weight is 417 g/mol. The Kier molecular flexibility index (Phi) is 5.62. The monoisotopic (exact) mass is 416 g/mol. The summed E-state index contributed by atoms with van der Waals surface area (Å²) in [6, 6.07) is 14.4. The molecule has 1 amide bonds. The third-order valence-corrected chi connectivity index (χ3v) is 5.15. The summed E-state index contributed by atoms with van der Waals surface area (Å²) in [5, 5.41) is 5.27. The minimum absolute atomic E-state index is 0.00460. The molecule has 0 atom stereocenters. The molecule has 2 aromatic carbocycles. The van der Waals surface area contributed by atoms with E-state index in [4.69, 9.17) is 27.7 Å². The van der Waals surface area contributed by atoms with Gasteiger partial charge in [0.15, 0.2) is 0 Å². The first-order chi connectivity index (χ1) is 13.6. The van der Waals surface area contributed by atoms with Gasteiger partial charge in [0.25, 0.3) is 5.91 Å². The van der Waals surface area contributed by atoms with Crippen LogP contribution in [-0.2, 0) is 6.54 Å². The molecule has 0 aliphatic carbocycles. The van der Waals surface area contributed by atoms with E-state index in [0.717, 1.165) is 18.7 Å². The van der Waals surface area contributed by atoms with Crippen molar-refractivity contribution in [2.75, 3.05) is 26.2 Å². The fraction of sp³-hybridized carbons (Fsp3) is 0.250. The zero-order valence-corrected chi connectivity index (χ0v) is 16.5. The molecule has 1 aromatic heterocycles. The molecule has 0 N–H and O–H groups in total. The maximum atomic E-state index is 12.6. The Hall–Kier alpha value is -2.41. The second-order valence-electron chi connectivity index (χ2n) is 6.60. The summed E-state index contributed by atoms with van der Waals surface area (Å²) in [6.45, 7) is 3.32. The Morgan fingerprint density at radius 3 is 2.46 bits per heavy atom. The SMILES string of the molecule is O=C(c1cccc(Cl)c1)N1CCN(Cc2nc(-c3ccc(Cl)cc3)no2)CC1. The molecule has 0 radical (unpaired) electrons. The molecule has 6 nitrogen and oxygen atoms in total. The molecular weight excluding hydrogens is 399 g/mol. The smallest absolute Gasteiger partial charge is 0.253 e. The van der Waals surface area contributed by atoms with Crippen LogP contribution in [0.3, 0.4) is 0 Å². The molecule has 8 heteroatoms. The van der Waals surface area contributed by atoms with Gasteiger partial charge in [0.2, 0.25) is 11.7 Å². The molecule has 1 aliphatic heterocycles. The first kappa shape index (κ1) is 18.9. The molecule has 0 unspecified atom stereocenters. The van der Waals surface area contributed by atoms with E-state index in [1.807, 2.05) is 17.0 Å². The van der Waals surface area contributed by atoms with Crippen LogP contribution in [0, 0.1) is 0 Å². The van der Waals surface area contributed by atoms with Crippen molar-refractivity contribution in [2.24, 2.45) is 0 Å². The average Bonchev–Trinajstić information content (AvgIpc) is 3.17. The van der Waals surface area contributed by atoms with Crippen molar-refractivity contribution >= 4 is 29.1 Å². The van der Waals surface area contributed by atoms with Gasteiger partial charge < -0.3 is 9.42 Å². The quantitative estimate of drug-likeness (QED) is 0.642. The molecule has 0 spiro atoms. The Morgan fingerprint density at radius 2 is 1.75 bits per heavy atom. The number of hydrogen-bond donors (Lipinski definition) is 0. The lowest BCUT2D eigenvalue weighted by atomic mass is 10.2. The first-order valence-corrected chi connectivity index (χ1v) is 9.70. The van der Waals surface area contributed by atoms with Crippen LogP contribution in [0.5, 0.6) is 0 Å². The van der Waals surface area contributed by atoms with Gasteiger partial charge in [-0.3, -0.25) is 9.69 Å². The number of aromatic nitrogens is 2. The highest BCUT2D eigenvalue weighted by Crippen LogP contribution is 2.20. The lowest BCUT2D eigenvalue weighted by molar-refractivity contribution is 0.0615. The van der Waals surface area contributed by atoms with Crippen LogP contribution in [0.25, 0.3) is 11.4 Å². The van der Waals surface area contributed by atoms with E-state index in [0.29, 0.717) is 47.0 Å². The van der Waals surface area contributed by atoms with Crippen LogP contribution in [0.2, 0.25) is 10.0 Å². The van der Waals surface area contributed by atoms with Crippen LogP contribution in [0.1, 0.15) is 16.2 Å². The highest BCUT2D eigenvalue weighted by atomic mass is 35.5. The molecule has 4 rings (SSSR count). The molecule has 3 aromatic rings. The van der Waals surface area contributed by atoms with Crippen molar-refractivity contribution in [3.8, 4) is 11.4 Å². The van der Waals surface area contributed by atoms with E-state index in [9.17, 15) is 4.79 Å². The number of nitrogens with zero attached hydrogens (tertiary/aromatic N) is 4. The largest absolute Gasteiger partial charge is 0.338 e. The van der Waals surface area contributed by atoms with Gasteiger partial charge >= 0.3 is 0 Å². The maximum absolute atomic E-state index is 12.6. The fourth-order valence-electron chi connectivity index (χ4n) is 3.14. The molecule has 0 saturated carbocycles. The molecule has 144 valence electrons. The number of hydrogen-bond acceptors (Lipinski definition) is 5. The Morgan fingerprint density at radius 1 is 1.00 bits per heavy atom. The summed E-state index contributed by atoms with van der Waals surface area (Å²) < 4.78 is 5.38. The van der Waals surface area contributed by atoms with Crippen molar-refractivity contribution < 1.29 is 9.32 Å². The van der Waals surface area contributed by atoms with Crippen molar-refractivity contribution in [1.29, 1.82) is 0 Å². The summed E-state index contributed by atoms with van der Waals surface area (Å²) in [5.74, 6) is 1.10. The number of carbonyl (C=O) groups is 1. The van der Waals surface area contributed by atoms with E-state index < -0.39 is 0 Å². The Labute approximate surface area is 172 Å². The zero-order chi connectivity index (χ0) is 19.5. The lowest BCUT2D eigenvalue weighted by Gasteiger charge is -2.34. The summed E-state index contributed by atoms with van der Waals surface area (Å²) in [7, 11) is 0.